The van der Waals surface area contributed by atoms with E-state index in [4.69, 9.17) is 5.11 Å². The van der Waals surface area contributed by atoms with Crippen LogP contribution in [0.1, 0.15) is 32.3 Å². The molecule has 1 aromatic carbocycles. The third-order valence-corrected chi connectivity index (χ3v) is 4.48. The summed E-state index contributed by atoms with van der Waals surface area (Å²) in [5.41, 5.74) is 1.36. The second-order valence-corrected chi connectivity index (χ2v) is 6.07. The molecule has 100 valence electrons. The highest BCUT2D eigenvalue weighted by Gasteiger charge is 2.21. The summed E-state index contributed by atoms with van der Waals surface area (Å²) in [7, 11) is 0. The van der Waals surface area contributed by atoms with E-state index < -0.39 is 5.97 Å². The van der Waals surface area contributed by atoms with Crippen LogP contribution < -0.4 is 0 Å². The molecule has 3 heteroatoms. The Bertz CT molecular complexity index is 349. The lowest BCUT2D eigenvalue weighted by atomic mass is 10.1. The summed E-state index contributed by atoms with van der Waals surface area (Å²) in [6.45, 7) is 3.94. The van der Waals surface area contributed by atoms with E-state index in [1.165, 1.54) is 5.56 Å². The molecule has 1 rings (SSSR count). The highest BCUT2D eigenvalue weighted by molar-refractivity contribution is 8.00. The number of carboxylic acids is 1. The van der Waals surface area contributed by atoms with E-state index in [1.807, 2.05) is 19.9 Å². The number of benzene rings is 1. The Labute approximate surface area is 114 Å². The molecule has 18 heavy (non-hydrogen) atoms. The van der Waals surface area contributed by atoms with Crippen LogP contribution in [0.25, 0.3) is 0 Å². The highest BCUT2D eigenvalue weighted by Crippen LogP contribution is 2.21. The van der Waals surface area contributed by atoms with Crippen molar-refractivity contribution in [3.63, 3.8) is 0 Å². The van der Waals surface area contributed by atoms with Gasteiger partial charge >= 0.3 is 5.97 Å². The van der Waals surface area contributed by atoms with Gasteiger partial charge in [0.2, 0.25) is 0 Å². The summed E-state index contributed by atoms with van der Waals surface area (Å²) in [6.07, 6.45) is 3.29. The van der Waals surface area contributed by atoms with Crippen LogP contribution in [0.3, 0.4) is 0 Å². The van der Waals surface area contributed by atoms with Gasteiger partial charge in [0.25, 0.3) is 0 Å². The topological polar surface area (TPSA) is 37.3 Å². The number of thioether (sulfide) groups is 1. The Morgan fingerprint density at radius 1 is 1.22 bits per heavy atom. The molecule has 2 nitrogen and oxygen atoms in total. The smallest absolute Gasteiger partial charge is 0.316 e. The largest absolute Gasteiger partial charge is 0.480 e. The summed E-state index contributed by atoms with van der Waals surface area (Å²) in [5, 5.41) is 8.80. The van der Waals surface area contributed by atoms with Crippen molar-refractivity contribution in [2.75, 3.05) is 5.75 Å². The fourth-order valence-corrected chi connectivity index (χ4v) is 2.99. The molecule has 0 heterocycles. The Hall–Kier alpha value is -0.960. The highest BCUT2D eigenvalue weighted by atomic mass is 32.2. The lowest BCUT2D eigenvalue weighted by Gasteiger charge is -2.15. The van der Waals surface area contributed by atoms with Crippen molar-refractivity contribution in [3.05, 3.63) is 35.9 Å². The Morgan fingerprint density at radius 2 is 1.89 bits per heavy atom. The molecule has 0 aliphatic rings. The lowest BCUT2D eigenvalue weighted by Crippen LogP contribution is -2.22. The molecular weight excluding hydrogens is 244 g/mol. The van der Waals surface area contributed by atoms with E-state index in [0.717, 1.165) is 25.0 Å². The Balaban J connectivity index is 2.17. The molecule has 0 radical (unpaired) electrons. The van der Waals surface area contributed by atoms with Crippen LogP contribution in [0.4, 0.5) is 0 Å². The number of carboxylic acid groups (broad SMARTS) is 1. The molecule has 0 aliphatic heterocycles. The van der Waals surface area contributed by atoms with Crippen molar-refractivity contribution in [2.45, 2.75) is 38.4 Å². The Kier molecular flexibility index (Phi) is 6.88. The predicted octanol–water partition coefficient (Wildman–Crippen LogP) is 3.85. The van der Waals surface area contributed by atoms with Crippen LogP contribution in [0.2, 0.25) is 0 Å². The van der Waals surface area contributed by atoms with Crippen molar-refractivity contribution in [1.29, 1.82) is 0 Å². The first kappa shape index (κ1) is 15.1. The predicted molar refractivity (Wildman–Crippen MR) is 78.1 cm³/mol. The molecule has 0 spiro atoms. The normalized spacial score (nSPS) is 12.6. The minimum absolute atomic E-state index is 0.196. The van der Waals surface area contributed by atoms with Gasteiger partial charge in [-0.25, -0.2) is 0 Å². The molecule has 0 amide bonds. The van der Waals surface area contributed by atoms with Gasteiger partial charge in [-0.3, -0.25) is 4.79 Å². The molecule has 1 atom stereocenters. The quantitative estimate of drug-likeness (QED) is 0.726. The van der Waals surface area contributed by atoms with Gasteiger partial charge < -0.3 is 5.11 Å². The monoisotopic (exact) mass is 266 g/mol. The first-order valence-corrected chi connectivity index (χ1v) is 7.54. The van der Waals surface area contributed by atoms with E-state index in [-0.39, 0.29) is 11.2 Å². The van der Waals surface area contributed by atoms with Gasteiger partial charge in [0.05, 0.1) is 0 Å². The zero-order valence-corrected chi connectivity index (χ0v) is 12.0. The molecule has 0 fully saturated rings. The second kappa shape index (κ2) is 8.20. The van der Waals surface area contributed by atoms with Crippen LogP contribution in [0.5, 0.6) is 0 Å². The molecule has 0 aromatic heterocycles. The molecule has 0 aliphatic carbocycles. The molecule has 0 bridgehead atoms. The number of unbranched alkanes of at least 4 members (excludes halogenated alkanes) is 1. The Morgan fingerprint density at radius 3 is 2.44 bits per heavy atom. The van der Waals surface area contributed by atoms with E-state index in [1.54, 1.807) is 11.8 Å². The minimum atomic E-state index is -0.682. The first-order chi connectivity index (χ1) is 8.61. The third-order valence-electron chi connectivity index (χ3n) is 2.85. The van der Waals surface area contributed by atoms with Crippen molar-refractivity contribution in [1.82, 2.24) is 0 Å². The van der Waals surface area contributed by atoms with Gasteiger partial charge in [0.1, 0.15) is 5.25 Å². The summed E-state index contributed by atoms with van der Waals surface area (Å²) < 4.78 is 0. The van der Waals surface area contributed by atoms with Crippen molar-refractivity contribution in [3.8, 4) is 0 Å². The molecule has 1 unspecified atom stereocenters. The van der Waals surface area contributed by atoms with Crippen molar-refractivity contribution >= 4 is 17.7 Å². The summed E-state index contributed by atoms with van der Waals surface area (Å²) in [5.74, 6) is 0.446. The summed E-state index contributed by atoms with van der Waals surface area (Å²) in [6, 6.07) is 10.4. The van der Waals surface area contributed by atoms with E-state index >= 15 is 0 Å². The van der Waals surface area contributed by atoms with E-state index in [2.05, 4.69) is 24.3 Å². The van der Waals surface area contributed by atoms with Gasteiger partial charge in [-0.1, -0.05) is 44.2 Å². The van der Waals surface area contributed by atoms with Gasteiger partial charge in [-0.2, -0.15) is 0 Å². The van der Waals surface area contributed by atoms with Crippen LogP contribution >= 0.6 is 11.8 Å². The van der Waals surface area contributed by atoms with Crippen LogP contribution in [-0.4, -0.2) is 22.1 Å². The molecule has 0 saturated carbocycles. The summed E-state index contributed by atoms with van der Waals surface area (Å²) >= 11 is 1.57. The number of carbonyl (C=O) groups is 1. The van der Waals surface area contributed by atoms with Crippen LogP contribution in [0.15, 0.2) is 30.3 Å². The maximum absolute atomic E-state index is 11.0. The zero-order chi connectivity index (χ0) is 13.4. The minimum Gasteiger partial charge on any atom is -0.480 e. The fraction of sp³-hybridized carbons (Fsp3) is 0.533. The maximum Gasteiger partial charge on any atom is 0.316 e. The fourth-order valence-electron chi connectivity index (χ4n) is 1.84. The van der Waals surface area contributed by atoms with Gasteiger partial charge in [-0.15, -0.1) is 11.8 Å². The molecular formula is C15H22O2S. The van der Waals surface area contributed by atoms with Gasteiger partial charge in [-0.05, 0) is 36.5 Å². The van der Waals surface area contributed by atoms with Crippen molar-refractivity contribution in [2.24, 2.45) is 5.92 Å². The van der Waals surface area contributed by atoms with Gasteiger partial charge in [0, 0.05) is 0 Å². The van der Waals surface area contributed by atoms with Crippen LogP contribution in [0, 0.1) is 5.92 Å². The first-order valence-electron chi connectivity index (χ1n) is 6.49. The standard InChI is InChI=1S/C15H22O2S/c1-12(2)14(15(16)17)18-11-7-6-10-13-8-4-3-5-9-13/h3-5,8-9,12,14H,6-7,10-11H2,1-2H3,(H,16,17). The number of aryl methyl sites for hydroxylation is 1. The average molecular weight is 266 g/mol. The SMILES string of the molecule is CC(C)C(SCCCCc1ccccc1)C(=O)O. The van der Waals surface area contributed by atoms with Crippen LogP contribution in [-0.2, 0) is 11.2 Å². The zero-order valence-electron chi connectivity index (χ0n) is 11.1. The van der Waals surface area contributed by atoms with E-state index in [9.17, 15) is 4.79 Å². The number of hydrogen-bond donors (Lipinski definition) is 1. The molecule has 0 saturated heterocycles. The van der Waals surface area contributed by atoms with E-state index in [0.29, 0.717) is 0 Å². The third kappa shape index (κ3) is 5.58. The summed E-state index contributed by atoms with van der Waals surface area (Å²) in [4.78, 5) is 11.0. The molecule has 1 aromatic rings. The average Bonchev–Trinajstić information content (AvgIpc) is 2.34. The number of hydrogen-bond acceptors (Lipinski definition) is 2. The lowest BCUT2D eigenvalue weighted by molar-refractivity contribution is -0.137. The second-order valence-electron chi connectivity index (χ2n) is 4.82. The maximum atomic E-state index is 11.0. The van der Waals surface area contributed by atoms with Gasteiger partial charge in [0.15, 0.2) is 0 Å². The number of aliphatic carboxylic acids is 1. The number of rotatable bonds is 8. The molecule has 1 N–H and O–H groups in total. The van der Waals surface area contributed by atoms with Crippen molar-refractivity contribution < 1.29 is 9.90 Å².